The van der Waals surface area contributed by atoms with Crippen LogP contribution < -0.4 is 10.0 Å². The number of nitrogens with zero attached hydrogens (tertiary/aromatic N) is 2. The minimum Gasteiger partial charge on any atom is -0.366 e. The summed E-state index contributed by atoms with van der Waals surface area (Å²) in [5, 5.41) is 11.7. The molecule has 1 aliphatic rings. The van der Waals surface area contributed by atoms with E-state index in [4.69, 9.17) is 11.6 Å². The molecule has 0 aliphatic heterocycles. The second kappa shape index (κ2) is 7.36. The number of sulfonamides is 1. The van der Waals surface area contributed by atoms with Crippen LogP contribution in [0.2, 0.25) is 5.02 Å². The average Bonchev–Trinajstić information content (AvgIpc) is 2.57. The highest BCUT2D eigenvalue weighted by Crippen LogP contribution is 2.21. The number of aromatic nitrogens is 2. The molecule has 0 atom stereocenters. The lowest BCUT2D eigenvalue weighted by Gasteiger charge is -2.22. The van der Waals surface area contributed by atoms with Crippen molar-refractivity contribution in [2.24, 2.45) is 0 Å². The number of hydrogen-bond donors (Lipinski definition) is 2. The van der Waals surface area contributed by atoms with Crippen molar-refractivity contribution in [2.75, 3.05) is 10.0 Å². The van der Waals surface area contributed by atoms with E-state index in [1.807, 2.05) is 0 Å². The lowest BCUT2D eigenvalue weighted by molar-refractivity contribution is 0.461. The summed E-state index contributed by atoms with van der Waals surface area (Å²) in [7, 11) is -3.73. The fraction of sp³-hybridized carbons (Fsp3) is 0.375. The van der Waals surface area contributed by atoms with Gasteiger partial charge in [0.2, 0.25) is 0 Å². The molecule has 1 aromatic carbocycles. The Balaban J connectivity index is 1.67. The molecule has 0 amide bonds. The first-order valence-electron chi connectivity index (χ1n) is 7.91. The number of halogens is 1. The first-order valence-corrected chi connectivity index (χ1v) is 9.78. The molecule has 0 radical (unpaired) electrons. The van der Waals surface area contributed by atoms with Gasteiger partial charge >= 0.3 is 0 Å². The normalized spacial score (nSPS) is 15.9. The van der Waals surface area contributed by atoms with E-state index in [9.17, 15) is 8.42 Å². The molecule has 6 nitrogen and oxygen atoms in total. The van der Waals surface area contributed by atoms with E-state index >= 15 is 0 Å². The van der Waals surface area contributed by atoms with Gasteiger partial charge in [-0.3, -0.25) is 4.72 Å². The lowest BCUT2D eigenvalue weighted by atomic mass is 9.95. The lowest BCUT2D eigenvalue weighted by Crippen LogP contribution is -2.23. The van der Waals surface area contributed by atoms with Crippen LogP contribution in [0.4, 0.5) is 11.6 Å². The molecule has 1 fully saturated rings. The van der Waals surface area contributed by atoms with Crippen LogP contribution in [0, 0.1) is 0 Å². The highest BCUT2D eigenvalue weighted by atomic mass is 35.5. The Hall–Kier alpha value is -1.86. The standard InChI is InChI=1S/C16H19ClN4O2S/c17-12-5-4-8-14(11-12)24(22,23)21-16-10-9-15(19-20-16)18-13-6-2-1-3-7-13/h4-5,8-11,13H,1-3,6-7H2,(H,18,19)(H,20,21). The van der Waals surface area contributed by atoms with Crippen molar-refractivity contribution in [2.45, 2.75) is 43.0 Å². The largest absolute Gasteiger partial charge is 0.366 e. The van der Waals surface area contributed by atoms with Gasteiger partial charge < -0.3 is 5.32 Å². The number of rotatable bonds is 5. The van der Waals surface area contributed by atoms with E-state index in [2.05, 4.69) is 20.2 Å². The summed E-state index contributed by atoms with van der Waals surface area (Å²) in [4.78, 5) is 0.0845. The molecular formula is C16H19ClN4O2S. The number of anilines is 2. The van der Waals surface area contributed by atoms with E-state index in [-0.39, 0.29) is 10.7 Å². The van der Waals surface area contributed by atoms with Crippen molar-refractivity contribution in [3.8, 4) is 0 Å². The number of hydrogen-bond acceptors (Lipinski definition) is 5. The average molecular weight is 367 g/mol. The van der Waals surface area contributed by atoms with Gasteiger partial charge in [-0.25, -0.2) is 8.42 Å². The van der Waals surface area contributed by atoms with Crippen molar-refractivity contribution in [3.63, 3.8) is 0 Å². The number of benzene rings is 1. The Morgan fingerprint density at radius 3 is 2.38 bits per heavy atom. The predicted molar refractivity (Wildman–Crippen MR) is 94.8 cm³/mol. The van der Waals surface area contributed by atoms with Crippen LogP contribution in [0.1, 0.15) is 32.1 Å². The molecular weight excluding hydrogens is 348 g/mol. The Morgan fingerprint density at radius 1 is 1.00 bits per heavy atom. The summed E-state index contributed by atoms with van der Waals surface area (Å²) in [5.74, 6) is 0.830. The summed E-state index contributed by atoms with van der Waals surface area (Å²) in [6, 6.07) is 9.81. The van der Waals surface area contributed by atoms with Crippen LogP contribution in [0.25, 0.3) is 0 Å². The third-order valence-electron chi connectivity index (χ3n) is 3.97. The molecule has 0 bridgehead atoms. The Labute approximate surface area is 146 Å². The molecule has 0 unspecified atom stereocenters. The number of nitrogens with one attached hydrogen (secondary N) is 2. The summed E-state index contributed by atoms with van der Waals surface area (Å²) in [5.41, 5.74) is 0. The Bertz CT molecular complexity index is 790. The molecule has 128 valence electrons. The molecule has 1 heterocycles. The van der Waals surface area contributed by atoms with Crippen LogP contribution in [-0.4, -0.2) is 24.7 Å². The first kappa shape index (κ1) is 17.0. The minimum atomic E-state index is -3.73. The Morgan fingerprint density at radius 2 is 1.71 bits per heavy atom. The maximum absolute atomic E-state index is 12.3. The Kier molecular flexibility index (Phi) is 5.20. The molecule has 1 aliphatic carbocycles. The predicted octanol–water partition coefficient (Wildman–Crippen LogP) is 3.68. The zero-order valence-corrected chi connectivity index (χ0v) is 14.6. The summed E-state index contributed by atoms with van der Waals surface area (Å²) in [6.45, 7) is 0. The second-order valence-electron chi connectivity index (χ2n) is 5.85. The van der Waals surface area contributed by atoms with Gasteiger partial charge in [0.15, 0.2) is 5.82 Å². The molecule has 3 rings (SSSR count). The van der Waals surface area contributed by atoms with Crippen molar-refractivity contribution in [1.29, 1.82) is 0 Å². The monoisotopic (exact) mass is 366 g/mol. The zero-order valence-electron chi connectivity index (χ0n) is 13.1. The molecule has 1 aromatic heterocycles. The van der Waals surface area contributed by atoms with Crippen LogP contribution >= 0.6 is 11.6 Å². The van der Waals surface area contributed by atoms with Crippen molar-refractivity contribution >= 4 is 33.3 Å². The minimum absolute atomic E-state index is 0.0845. The molecule has 8 heteroatoms. The third kappa shape index (κ3) is 4.36. The maximum Gasteiger partial charge on any atom is 0.263 e. The van der Waals surface area contributed by atoms with Crippen LogP contribution in [0.15, 0.2) is 41.3 Å². The van der Waals surface area contributed by atoms with Crippen molar-refractivity contribution < 1.29 is 8.42 Å². The first-order chi connectivity index (χ1) is 11.5. The smallest absolute Gasteiger partial charge is 0.263 e. The second-order valence-corrected chi connectivity index (χ2v) is 7.96. The summed E-state index contributed by atoms with van der Waals surface area (Å²) < 4.78 is 27.0. The molecule has 24 heavy (non-hydrogen) atoms. The summed E-state index contributed by atoms with van der Waals surface area (Å²) in [6.07, 6.45) is 5.99. The van der Waals surface area contributed by atoms with Gasteiger partial charge in [0.1, 0.15) is 5.82 Å². The third-order valence-corrected chi connectivity index (χ3v) is 5.55. The molecule has 0 spiro atoms. The van der Waals surface area contributed by atoms with Gasteiger partial charge in [0.25, 0.3) is 10.0 Å². The van der Waals surface area contributed by atoms with E-state index in [0.717, 1.165) is 12.8 Å². The van der Waals surface area contributed by atoms with Gasteiger partial charge in [0.05, 0.1) is 4.90 Å². The van der Waals surface area contributed by atoms with E-state index in [1.54, 1.807) is 24.3 Å². The van der Waals surface area contributed by atoms with Crippen molar-refractivity contribution in [1.82, 2.24) is 10.2 Å². The van der Waals surface area contributed by atoms with Crippen molar-refractivity contribution in [3.05, 3.63) is 41.4 Å². The quantitative estimate of drug-likeness (QED) is 0.843. The molecule has 0 saturated heterocycles. The molecule has 2 N–H and O–H groups in total. The van der Waals surface area contributed by atoms with E-state index in [1.165, 1.54) is 31.4 Å². The van der Waals surface area contributed by atoms with Gasteiger partial charge in [-0.15, -0.1) is 10.2 Å². The van der Waals surface area contributed by atoms with Gasteiger partial charge in [-0.1, -0.05) is 36.9 Å². The zero-order chi connectivity index (χ0) is 17.0. The van der Waals surface area contributed by atoms with Gasteiger partial charge in [0, 0.05) is 11.1 Å². The van der Waals surface area contributed by atoms with Gasteiger partial charge in [-0.05, 0) is 43.2 Å². The molecule has 1 saturated carbocycles. The molecule has 2 aromatic rings. The van der Waals surface area contributed by atoms with E-state index in [0.29, 0.717) is 16.9 Å². The SMILES string of the molecule is O=S(=O)(Nc1ccc(NC2CCCCC2)nn1)c1cccc(Cl)c1. The van der Waals surface area contributed by atoms with Crippen LogP contribution in [0.3, 0.4) is 0 Å². The van der Waals surface area contributed by atoms with Crippen LogP contribution in [-0.2, 0) is 10.0 Å². The van der Waals surface area contributed by atoms with Crippen LogP contribution in [0.5, 0.6) is 0 Å². The fourth-order valence-corrected chi connectivity index (χ4v) is 4.05. The van der Waals surface area contributed by atoms with E-state index < -0.39 is 10.0 Å². The summed E-state index contributed by atoms with van der Waals surface area (Å²) >= 11 is 5.84. The topological polar surface area (TPSA) is 84.0 Å². The highest BCUT2D eigenvalue weighted by molar-refractivity contribution is 7.92. The maximum atomic E-state index is 12.3. The fourth-order valence-electron chi connectivity index (χ4n) is 2.75. The highest BCUT2D eigenvalue weighted by Gasteiger charge is 2.16. The van der Waals surface area contributed by atoms with Gasteiger partial charge in [-0.2, -0.15) is 0 Å².